The number of ether oxygens (including phenoxy) is 1. The number of nitrogens with zero attached hydrogens (tertiary/aromatic N) is 2. The van der Waals surface area contributed by atoms with Crippen LogP contribution >= 0.6 is 0 Å². The first-order valence-corrected chi connectivity index (χ1v) is 5.21. The molecule has 4 nitrogen and oxygen atoms in total. The van der Waals surface area contributed by atoms with Crippen molar-refractivity contribution in [3.63, 3.8) is 0 Å². The molecule has 7 heteroatoms. The summed E-state index contributed by atoms with van der Waals surface area (Å²) in [5.74, 6) is 0.345. The Morgan fingerprint density at radius 2 is 2.05 bits per heavy atom. The summed E-state index contributed by atoms with van der Waals surface area (Å²) in [6, 6.07) is 6.09. The fraction of sp³-hybridized carbons (Fsp3) is 0.167. The molecule has 0 spiro atoms. The molecule has 2 aromatic rings. The minimum atomic E-state index is -4.56. The number of aryl methyl sites for hydroxylation is 1. The molecule has 0 amide bonds. The zero-order valence-electron chi connectivity index (χ0n) is 9.75. The fourth-order valence-corrected chi connectivity index (χ4v) is 1.49. The van der Waals surface area contributed by atoms with Crippen LogP contribution in [-0.4, -0.2) is 10.2 Å². The summed E-state index contributed by atoms with van der Waals surface area (Å²) in [6.45, 7) is 1.76. The van der Waals surface area contributed by atoms with Gasteiger partial charge in [-0.1, -0.05) is 0 Å². The third-order valence-corrected chi connectivity index (χ3v) is 2.32. The lowest BCUT2D eigenvalue weighted by Crippen LogP contribution is -2.07. The Bertz CT molecular complexity index is 640. The van der Waals surface area contributed by atoms with Crippen LogP contribution in [0, 0.1) is 18.3 Å². The molecule has 0 aliphatic heterocycles. The van der Waals surface area contributed by atoms with Gasteiger partial charge in [0.1, 0.15) is 5.75 Å². The zero-order valence-corrected chi connectivity index (χ0v) is 9.75. The van der Waals surface area contributed by atoms with Gasteiger partial charge in [0.25, 0.3) is 0 Å². The van der Waals surface area contributed by atoms with Gasteiger partial charge in [-0.05, 0) is 25.1 Å². The van der Waals surface area contributed by atoms with Gasteiger partial charge in [-0.15, -0.1) is 5.10 Å². The highest BCUT2D eigenvalue weighted by Crippen LogP contribution is 2.34. The molecule has 0 aliphatic carbocycles. The average molecular weight is 267 g/mol. The van der Waals surface area contributed by atoms with E-state index in [0.717, 1.165) is 23.9 Å². The number of hydrogen-bond acceptors (Lipinski definition) is 3. The monoisotopic (exact) mass is 267 g/mol. The second kappa shape index (κ2) is 4.65. The van der Waals surface area contributed by atoms with Gasteiger partial charge < -0.3 is 4.74 Å². The molecule has 1 N–H and O–H groups in total. The molecule has 0 aliphatic rings. The molecule has 0 saturated heterocycles. The first-order valence-electron chi connectivity index (χ1n) is 5.21. The number of H-pyrrole nitrogens is 1. The Morgan fingerprint density at radius 1 is 1.32 bits per heavy atom. The first kappa shape index (κ1) is 13.0. The van der Waals surface area contributed by atoms with E-state index in [2.05, 4.69) is 10.2 Å². The lowest BCUT2D eigenvalue weighted by Gasteiger charge is -2.09. The average Bonchev–Trinajstić information content (AvgIpc) is 2.73. The van der Waals surface area contributed by atoms with Crippen LogP contribution < -0.4 is 4.74 Å². The molecule has 98 valence electrons. The lowest BCUT2D eigenvalue weighted by molar-refractivity contribution is -0.137. The van der Waals surface area contributed by atoms with Crippen LogP contribution in [0.15, 0.2) is 24.3 Å². The van der Waals surface area contributed by atoms with Crippen molar-refractivity contribution in [2.24, 2.45) is 0 Å². The number of alkyl halides is 3. The molecule has 0 bridgehead atoms. The minimum Gasteiger partial charge on any atom is -0.437 e. The highest BCUT2D eigenvalue weighted by Gasteiger charge is 2.33. The Morgan fingerprint density at radius 3 is 2.58 bits per heavy atom. The van der Waals surface area contributed by atoms with Crippen molar-refractivity contribution in [3.05, 3.63) is 41.1 Å². The van der Waals surface area contributed by atoms with Crippen LogP contribution in [-0.2, 0) is 6.18 Å². The minimum absolute atomic E-state index is 0.121. The predicted molar refractivity (Wildman–Crippen MR) is 59.6 cm³/mol. The number of nitrogens with one attached hydrogen (secondary N) is 1. The molecule has 0 unspecified atom stereocenters. The topological polar surface area (TPSA) is 61.7 Å². The van der Waals surface area contributed by atoms with Crippen LogP contribution in [0.3, 0.4) is 0 Å². The van der Waals surface area contributed by atoms with Gasteiger partial charge in [0, 0.05) is 11.8 Å². The highest BCUT2D eigenvalue weighted by atomic mass is 19.4. The summed E-state index contributed by atoms with van der Waals surface area (Å²) in [4.78, 5) is 0. The molecule has 1 aromatic carbocycles. The number of aromatic nitrogens is 2. The maximum Gasteiger partial charge on any atom is 0.417 e. The Labute approximate surface area is 106 Å². The second-order valence-electron chi connectivity index (χ2n) is 3.81. The third kappa shape index (κ3) is 2.85. The van der Waals surface area contributed by atoms with E-state index < -0.39 is 17.3 Å². The Kier molecular flexibility index (Phi) is 3.17. The summed E-state index contributed by atoms with van der Waals surface area (Å²) in [5, 5.41) is 15.2. The molecule has 19 heavy (non-hydrogen) atoms. The molecular weight excluding hydrogens is 259 g/mol. The van der Waals surface area contributed by atoms with E-state index in [1.54, 1.807) is 13.0 Å². The SMILES string of the molecule is Cc1cc(Oc2ccc(C(F)(F)F)c(C#N)c2)n[nH]1. The normalized spacial score (nSPS) is 11.1. The molecule has 2 rings (SSSR count). The third-order valence-electron chi connectivity index (χ3n) is 2.32. The maximum absolute atomic E-state index is 12.6. The van der Waals surface area contributed by atoms with E-state index >= 15 is 0 Å². The van der Waals surface area contributed by atoms with Gasteiger partial charge in [0.15, 0.2) is 0 Å². The summed E-state index contributed by atoms with van der Waals surface area (Å²) in [5.41, 5.74) is -0.722. The van der Waals surface area contributed by atoms with E-state index in [-0.39, 0.29) is 11.6 Å². The molecule has 0 atom stereocenters. The van der Waals surface area contributed by atoms with Crippen molar-refractivity contribution in [3.8, 4) is 17.7 Å². The molecular formula is C12H8F3N3O. The summed E-state index contributed by atoms with van der Waals surface area (Å²) in [7, 11) is 0. The molecule has 0 fully saturated rings. The first-order chi connectivity index (χ1) is 8.90. The predicted octanol–water partition coefficient (Wildman–Crippen LogP) is 3.40. The molecule has 0 saturated carbocycles. The van der Waals surface area contributed by atoms with Crippen molar-refractivity contribution in [2.75, 3.05) is 0 Å². The summed E-state index contributed by atoms with van der Waals surface area (Å²) < 4.78 is 43.0. The lowest BCUT2D eigenvalue weighted by atomic mass is 10.1. The number of rotatable bonds is 2. The fourth-order valence-electron chi connectivity index (χ4n) is 1.49. The Balaban J connectivity index is 2.32. The van der Waals surface area contributed by atoms with Gasteiger partial charge in [0.05, 0.1) is 17.2 Å². The van der Waals surface area contributed by atoms with Crippen molar-refractivity contribution < 1.29 is 17.9 Å². The number of aromatic amines is 1. The van der Waals surface area contributed by atoms with Crippen molar-refractivity contribution in [1.82, 2.24) is 10.2 Å². The van der Waals surface area contributed by atoms with Gasteiger partial charge >= 0.3 is 6.18 Å². The quantitative estimate of drug-likeness (QED) is 0.907. The van der Waals surface area contributed by atoms with E-state index in [4.69, 9.17) is 10.00 Å². The van der Waals surface area contributed by atoms with Crippen LogP contribution in [0.2, 0.25) is 0 Å². The summed E-state index contributed by atoms with van der Waals surface area (Å²) >= 11 is 0. The molecule has 1 aromatic heterocycles. The zero-order chi connectivity index (χ0) is 14.0. The standard InChI is InChI=1S/C12H8F3N3O/c1-7-4-11(18-17-7)19-9-2-3-10(12(13,14)15)8(5-9)6-16/h2-5H,1H3,(H,17,18). The maximum atomic E-state index is 12.6. The number of benzene rings is 1. The summed E-state index contributed by atoms with van der Waals surface area (Å²) in [6.07, 6.45) is -4.56. The van der Waals surface area contributed by atoms with E-state index in [1.165, 1.54) is 6.07 Å². The van der Waals surface area contributed by atoms with Gasteiger partial charge in [0.2, 0.25) is 5.88 Å². The van der Waals surface area contributed by atoms with Crippen LogP contribution in [0.4, 0.5) is 13.2 Å². The molecule has 1 heterocycles. The Hall–Kier alpha value is -2.49. The van der Waals surface area contributed by atoms with Crippen molar-refractivity contribution in [2.45, 2.75) is 13.1 Å². The van der Waals surface area contributed by atoms with Crippen molar-refractivity contribution >= 4 is 0 Å². The number of hydrogen-bond donors (Lipinski definition) is 1. The van der Waals surface area contributed by atoms with Gasteiger partial charge in [-0.25, -0.2) is 0 Å². The van der Waals surface area contributed by atoms with Crippen LogP contribution in [0.1, 0.15) is 16.8 Å². The van der Waals surface area contributed by atoms with E-state index in [9.17, 15) is 13.2 Å². The highest BCUT2D eigenvalue weighted by molar-refractivity contribution is 5.45. The number of nitriles is 1. The largest absolute Gasteiger partial charge is 0.437 e. The van der Waals surface area contributed by atoms with E-state index in [1.807, 2.05) is 0 Å². The van der Waals surface area contributed by atoms with Gasteiger partial charge in [-0.3, -0.25) is 5.10 Å². The second-order valence-corrected chi connectivity index (χ2v) is 3.81. The van der Waals surface area contributed by atoms with Gasteiger partial charge in [-0.2, -0.15) is 18.4 Å². The van der Waals surface area contributed by atoms with Crippen LogP contribution in [0.5, 0.6) is 11.6 Å². The number of halogens is 3. The van der Waals surface area contributed by atoms with Crippen LogP contribution in [0.25, 0.3) is 0 Å². The smallest absolute Gasteiger partial charge is 0.417 e. The van der Waals surface area contributed by atoms with Crippen molar-refractivity contribution in [1.29, 1.82) is 5.26 Å². The van der Waals surface area contributed by atoms with E-state index in [0.29, 0.717) is 0 Å². The molecule has 0 radical (unpaired) electrons.